The third-order valence-electron chi connectivity index (χ3n) is 4.22. The Kier molecular flexibility index (Phi) is 9.47. The zero-order valence-electron chi connectivity index (χ0n) is 16.8. The Bertz CT molecular complexity index is 778. The summed E-state index contributed by atoms with van der Waals surface area (Å²) in [5, 5.41) is 8.76. The molecule has 1 fully saturated rings. The molecule has 6 nitrogen and oxygen atoms in total. The van der Waals surface area contributed by atoms with Crippen LogP contribution in [0.25, 0.3) is 6.08 Å². The lowest BCUT2D eigenvalue weighted by Crippen LogP contribution is -2.29. The normalized spacial score (nSPS) is 15.2. The van der Waals surface area contributed by atoms with Crippen LogP contribution in [0.2, 0.25) is 0 Å². The van der Waals surface area contributed by atoms with E-state index >= 15 is 0 Å². The molecule has 0 spiro atoms. The van der Waals surface area contributed by atoms with Gasteiger partial charge < -0.3 is 14.6 Å². The Labute approximate surface area is 181 Å². The molecule has 1 aromatic rings. The predicted octanol–water partition coefficient (Wildman–Crippen LogP) is 4.72. The fourth-order valence-electron chi connectivity index (χ4n) is 2.77. The zero-order valence-corrected chi connectivity index (χ0v) is 18.4. The summed E-state index contributed by atoms with van der Waals surface area (Å²) >= 11 is 6.51. The van der Waals surface area contributed by atoms with Crippen molar-refractivity contribution in [3.63, 3.8) is 0 Å². The van der Waals surface area contributed by atoms with Crippen molar-refractivity contribution in [1.29, 1.82) is 0 Å². The van der Waals surface area contributed by atoms with Gasteiger partial charge in [-0.05, 0) is 43.5 Å². The van der Waals surface area contributed by atoms with Gasteiger partial charge in [0.25, 0.3) is 5.91 Å². The highest BCUT2D eigenvalue weighted by Gasteiger charge is 2.31. The summed E-state index contributed by atoms with van der Waals surface area (Å²) in [6, 6.07) is 5.60. The average molecular weight is 438 g/mol. The van der Waals surface area contributed by atoms with Crippen LogP contribution in [0, 0.1) is 0 Å². The highest BCUT2D eigenvalue weighted by atomic mass is 32.2. The van der Waals surface area contributed by atoms with Crippen LogP contribution in [0.3, 0.4) is 0 Å². The van der Waals surface area contributed by atoms with Crippen molar-refractivity contribution in [3.05, 3.63) is 28.7 Å². The highest BCUT2D eigenvalue weighted by molar-refractivity contribution is 8.26. The monoisotopic (exact) mass is 437 g/mol. The molecule has 1 N–H and O–H groups in total. The molecule has 1 amide bonds. The number of ether oxygens (including phenoxy) is 2. The van der Waals surface area contributed by atoms with Crippen LogP contribution in [0.1, 0.15) is 51.5 Å². The lowest BCUT2D eigenvalue weighted by molar-refractivity contribution is -0.137. The number of thioether (sulfide) groups is 1. The number of amides is 1. The van der Waals surface area contributed by atoms with E-state index in [4.69, 9.17) is 26.8 Å². The summed E-state index contributed by atoms with van der Waals surface area (Å²) in [4.78, 5) is 25.3. The first-order chi connectivity index (χ1) is 14.0. The lowest BCUT2D eigenvalue weighted by Gasteiger charge is -2.13. The van der Waals surface area contributed by atoms with Crippen molar-refractivity contribution in [1.82, 2.24) is 4.90 Å². The zero-order chi connectivity index (χ0) is 21.2. The molecule has 0 aliphatic carbocycles. The van der Waals surface area contributed by atoms with E-state index in [9.17, 15) is 9.59 Å². The molecule has 1 heterocycles. The van der Waals surface area contributed by atoms with Gasteiger partial charge in [0.05, 0.1) is 18.1 Å². The average Bonchev–Trinajstić information content (AvgIpc) is 2.94. The summed E-state index contributed by atoms with van der Waals surface area (Å²) in [6.07, 6.45) is 5.40. The Morgan fingerprint density at radius 3 is 2.69 bits per heavy atom. The molecule has 158 valence electrons. The van der Waals surface area contributed by atoms with Crippen LogP contribution in [0.4, 0.5) is 0 Å². The number of hydrogen-bond acceptors (Lipinski definition) is 6. The van der Waals surface area contributed by atoms with Crippen LogP contribution in [-0.4, -0.2) is 46.0 Å². The van der Waals surface area contributed by atoms with Crippen molar-refractivity contribution >= 4 is 46.3 Å². The number of carbonyl (C=O) groups is 2. The smallest absolute Gasteiger partial charge is 0.303 e. The van der Waals surface area contributed by atoms with E-state index in [0.29, 0.717) is 46.9 Å². The topological polar surface area (TPSA) is 76.1 Å². The van der Waals surface area contributed by atoms with Gasteiger partial charge in [-0.15, -0.1) is 0 Å². The molecular weight excluding hydrogens is 410 g/mol. The van der Waals surface area contributed by atoms with Crippen molar-refractivity contribution in [2.45, 2.75) is 46.0 Å². The van der Waals surface area contributed by atoms with E-state index in [-0.39, 0.29) is 12.3 Å². The minimum absolute atomic E-state index is 0.00748. The van der Waals surface area contributed by atoms with E-state index in [0.717, 1.165) is 24.8 Å². The number of carboxylic acids is 1. The van der Waals surface area contributed by atoms with Gasteiger partial charge in [-0.25, -0.2) is 0 Å². The molecule has 0 saturated carbocycles. The highest BCUT2D eigenvalue weighted by Crippen LogP contribution is 2.35. The molecule has 2 rings (SSSR count). The van der Waals surface area contributed by atoms with Gasteiger partial charge in [-0.1, -0.05) is 49.8 Å². The van der Waals surface area contributed by atoms with Crippen LogP contribution in [0.5, 0.6) is 11.5 Å². The molecule has 1 aliphatic rings. The summed E-state index contributed by atoms with van der Waals surface area (Å²) in [5.74, 6) is 0.269. The SMILES string of the molecule is CCCCCOc1ccc(C=C2SC(=S)N(CCCC(=O)O)C2=O)cc1OCC. The standard InChI is InChI=1S/C21H27NO5S2/c1-3-5-6-12-27-16-10-9-15(13-17(16)26-4-2)14-18-20(25)22(21(28)29-18)11-7-8-19(23)24/h9-10,13-14H,3-8,11-12H2,1-2H3,(H,23,24). The van der Waals surface area contributed by atoms with Crippen molar-refractivity contribution in [2.24, 2.45) is 0 Å². The summed E-state index contributed by atoms with van der Waals surface area (Å²) in [5.41, 5.74) is 0.820. The van der Waals surface area contributed by atoms with Gasteiger partial charge >= 0.3 is 5.97 Å². The second-order valence-electron chi connectivity index (χ2n) is 6.53. The van der Waals surface area contributed by atoms with Crippen molar-refractivity contribution in [3.8, 4) is 11.5 Å². The van der Waals surface area contributed by atoms with Gasteiger partial charge in [0.1, 0.15) is 4.32 Å². The first kappa shape index (κ1) is 23.2. The fourth-order valence-corrected chi connectivity index (χ4v) is 4.08. The number of benzene rings is 1. The van der Waals surface area contributed by atoms with Gasteiger partial charge in [0, 0.05) is 13.0 Å². The lowest BCUT2D eigenvalue weighted by atomic mass is 10.1. The first-order valence-electron chi connectivity index (χ1n) is 9.83. The second-order valence-corrected chi connectivity index (χ2v) is 8.20. The Morgan fingerprint density at radius 2 is 2.00 bits per heavy atom. The summed E-state index contributed by atoms with van der Waals surface area (Å²) < 4.78 is 12.0. The molecule has 0 unspecified atom stereocenters. The first-order valence-corrected chi connectivity index (χ1v) is 11.1. The van der Waals surface area contributed by atoms with E-state index in [2.05, 4.69) is 6.92 Å². The van der Waals surface area contributed by atoms with Crippen LogP contribution in [0.15, 0.2) is 23.1 Å². The van der Waals surface area contributed by atoms with Crippen LogP contribution >= 0.6 is 24.0 Å². The van der Waals surface area contributed by atoms with E-state index in [1.807, 2.05) is 25.1 Å². The molecule has 1 aromatic carbocycles. The number of unbranched alkanes of at least 4 members (excludes halogenated alkanes) is 2. The van der Waals surface area contributed by atoms with Gasteiger partial charge in [0.15, 0.2) is 11.5 Å². The summed E-state index contributed by atoms with van der Waals surface area (Å²) in [7, 11) is 0. The molecule has 29 heavy (non-hydrogen) atoms. The molecule has 0 aromatic heterocycles. The molecule has 0 atom stereocenters. The number of thiocarbonyl (C=S) groups is 1. The Morgan fingerprint density at radius 1 is 1.21 bits per heavy atom. The maximum Gasteiger partial charge on any atom is 0.303 e. The summed E-state index contributed by atoms with van der Waals surface area (Å²) in [6.45, 7) is 5.52. The Hall–Kier alpha value is -2.06. The fraction of sp³-hybridized carbons (Fsp3) is 0.476. The number of aliphatic carboxylic acids is 1. The third-order valence-corrected chi connectivity index (χ3v) is 5.59. The van der Waals surface area contributed by atoms with Gasteiger partial charge in [0.2, 0.25) is 0 Å². The molecule has 1 saturated heterocycles. The predicted molar refractivity (Wildman–Crippen MR) is 119 cm³/mol. The number of hydrogen-bond donors (Lipinski definition) is 1. The van der Waals surface area contributed by atoms with Gasteiger partial charge in [-0.2, -0.15) is 0 Å². The molecular formula is C21H27NO5S2. The van der Waals surface area contributed by atoms with E-state index in [1.54, 1.807) is 6.08 Å². The minimum atomic E-state index is -0.883. The maximum absolute atomic E-state index is 12.6. The quantitative estimate of drug-likeness (QED) is 0.288. The molecule has 8 heteroatoms. The third kappa shape index (κ3) is 7.04. The largest absolute Gasteiger partial charge is 0.490 e. The van der Waals surface area contributed by atoms with Crippen LogP contribution < -0.4 is 9.47 Å². The molecule has 0 radical (unpaired) electrons. The molecule has 1 aliphatic heterocycles. The van der Waals surface area contributed by atoms with Crippen molar-refractivity contribution < 1.29 is 24.2 Å². The number of carbonyl (C=O) groups excluding carboxylic acids is 1. The number of carboxylic acid groups (broad SMARTS) is 1. The molecule has 0 bridgehead atoms. The van der Waals surface area contributed by atoms with Gasteiger partial charge in [-0.3, -0.25) is 14.5 Å². The maximum atomic E-state index is 12.6. The number of rotatable bonds is 12. The van der Waals surface area contributed by atoms with E-state index < -0.39 is 5.97 Å². The van der Waals surface area contributed by atoms with Crippen molar-refractivity contribution in [2.75, 3.05) is 19.8 Å². The van der Waals surface area contributed by atoms with E-state index in [1.165, 1.54) is 16.7 Å². The number of nitrogens with zero attached hydrogens (tertiary/aromatic N) is 1. The Balaban J connectivity index is 2.10. The van der Waals surface area contributed by atoms with Crippen LogP contribution in [-0.2, 0) is 9.59 Å². The second kappa shape index (κ2) is 11.8. The minimum Gasteiger partial charge on any atom is -0.490 e.